The van der Waals surface area contributed by atoms with Gasteiger partial charge in [-0.05, 0) is 104 Å². The Morgan fingerprint density at radius 1 is 0.322 bits per heavy atom. The molecule has 0 saturated heterocycles. The van der Waals surface area contributed by atoms with E-state index in [1.54, 1.807) is 0 Å². The van der Waals surface area contributed by atoms with E-state index in [4.69, 9.17) is 0 Å². The van der Waals surface area contributed by atoms with Crippen molar-refractivity contribution in [1.82, 2.24) is 9.13 Å². The van der Waals surface area contributed by atoms with Gasteiger partial charge in [-0.25, -0.2) is 0 Å². The van der Waals surface area contributed by atoms with E-state index in [1.165, 1.54) is 110 Å². The van der Waals surface area contributed by atoms with Gasteiger partial charge in [-0.15, -0.1) is 0 Å². The molecule has 1 aliphatic carbocycles. The summed E-state index contributed by atoms with van der Waals surface area (Å²) < 4.78 is 4.98. The number of hydrogen-bond donors (Lipinski definition) is 0. The quantitative estimate of drug-likeness (QED) is 0.170. The maximum absolute atomic E-state index is 2.50. The first-order valence-electron chi connectivity index (χ1n) is 20.6. The Morgan fingerprint density at radius 2 is 0.932 bits per heavy atom. The molecule has 0 amide bonds. The number of benzene rings is 10. The molecular formula is C57H36N2. The lowest BCUT2D eigenvalue weighted by Gasteiger charge is -2.17. The molecule has 59 heavy (non-hydrogen) atoms. The van der Waals surface area contributed by atoms with Crippen LogP contribution in [0.5, 0.6) is 0 Å². The van der Waals surface area contributed by atoms with E-state index in [9.17, 15) is 0 Å². The van der Waals surface area contributed by atoms with Crippen LogP contribution >= 0.6 is 0 Å². The van der Waals surface area contributed by atoms with Crippen molar-refractivity contribution < 1.29 is 0 Å². The van der Waals surface area contributed by atoms with Crippen LogP contribution in [0.4, 0.5) is 0 Å². The smallest absolute Gasteiger partial charge is 0.0641 e. The lowest BCUT2D eigenvalue weighted by atomic mass is 9.86. The average molecular weight is 749 g/mol. The third kappa shape index (κ3) is 4.63. The van der Waals surface area contributed by atoms with Crippen LogP contribution in [0.2, 0.25) is 0 Å². The molecule has 2 nitrogen and oxygen atoms in total. The summed E-state index contributed by atoms with van der Waals surface area (Å²) in [7, 11) is 0. The summed E-state index contributed by atoms with van der Waals surface area (Å²) in [4.78, 5) is 0. The highest BCUT2D eigenvalue weighted by Crippen LogP contribution is 2.51. The van der Waals surface area contributed by atoms with Gasteiger partial charge in [-0.2, -0.15) is 0 Å². The van der Waals surface area contributed by atoms with Gasteiger partial charge in [-0.1, -0.05) is 164 Å². The molecule has 274 valence electrons. The summed E-state index contributed by atoms with van der Waals surface area (Å²) in [6, 6.07) is 78.7. The Bertz CT molecular complexity index is 3670. The van der Waals surface area contributed by atoms with Crippen molar-refractivity contribution in [1.29, 1.82) is 0 Å². The highest BCUT2D eigenvalue weighted by Gasteiger charge is 2.31. The molecular weight excluding hydrogens is 713 g/mol. The molecule has 0 saturated carbocycles. The largest absolute Gasteiger partial charge is 0.309 e. The molecule has 13 rings (SSSR count). The van der Waals surface area contributed by atoms with Gasteiger partial charge in [0.15, 0.2) is 0 Å². The second-order valence-corrected chi connectivity index (χ2v) is 16.0. The number of fused-ring (bicyclic) bond motifs is 12. The molecule has 1 atom stereocenters. The first-order valence-corrected chi connectivity index (χ1v) is 20.6. The Labute approximate surface area is 341 Å². The predicted molar refractivity (Wildman–Crippen MR) is 248 cm³/mol. The van der Waals surface area contributed by atoms with Crippen molar-refractivity contribution in [2.45, 2.75) is 5.92 Å². The fourth-order valence-electron chi connectivity index (χ4n) is 10.5. The Kier molecular flexibility index (Phi) is 6.82. The van der Waals surface area contributed by atoms with E-state index in [-0.39, 0.29) is 5.92 Å². The van der Waals surface area contributed by atoms with Gasteiger partial charge in [0.1, 0.15) is 0 Å². The van der Waals surface area contributed by atoms with Crippen molar-refractivity contribution in [3.05, 3.63) is 229 Å². The van der Waals surface area contributed by atoms with Crippen molar-refractivity contribution in [2.75, 3.05) is 0 Å². The van der Waals surface area contributed by atoms with Crippen LogP contribution in [0, 0.1) is 0 Å². The zero-order chi connectivity index (χ0) is 38.6. The van der Waals surface area contributed by atoms with Crippen molar-refractivity contribution in [2.24, 2.45) is 0 Å². The summed E-state index contributed by atoms with van der Waals surface area (Å²) in [5, 5.41) is 10.1. The summed E-state index contributed by atoms with van der Waals surface area (Å²) in [6.07, 6.45) is 0. The maximum Gasteiger partial charge on any atom is 0.0641 e. The zero-order valence-electron chi connectivity index (χ0n) is 32.2. The van der Waals surface area contributed by atoms with E-state index in [0.717, 1.165) is 5.69 Å². The van der Waals surface area contributed by atoms with Crippen molar-refractivity contribution in [3.8, 4) is 33.6 Å². The van der Waals surface area contributed by atoms with E-state index in [0.29, 0.717) is 0 Å². The molecule has 10 aromatic carbocycles. The van der Waals surface area contributed by atoms with Crippen molar-refractivity contribution in [3.63, 3.8) is 0 Å². The molecule has 2 aromatic heterocycles. The van der Waals surface area contributed by atoms with E-state index >= 15 is 0 Å². The topological polar surface area (TPSA) is 9.86 Å². The van der Waals surface area contributed by atoms with E-state index in [2.05, 4.69) is 221 Å². The molecule has 0 aliphatic heterocycles. The average Bonchev–Trinajstić information content (AvgIpc) is 3.94. The number of para-hydroxylation sites is 2. The van der Waals surface area contributed by atoms with Gasteiger partial charge in [0.05, 0.1) is 27.8 Å². The van der Waals surface area contributed by atoms with E-state index in [1.807, 2.05) is 0 Å². The molecule has 1 aliphatic rings. The summed E-state index contributed by atoms with van der Waals surface area (Å²) in [5.41, 5.74) is 16.4. The number of rotatable bonds is 4. The van der Waals surface area contributed by atoms with Crippen LogP contribution in [-0.4, -0.2) is 9.13 Å². The van der Waals surface area contributed by atoms with Gasteiger partial charge in [-0.3, -0.25) is 0 Å². The third-order valence-corrected chi connectivity index (χ3v) is 13.0. The van der Waals surface area contributed by atoms with Crippen LogP contribution in [0.25, 0.3) is 98.8 Å². The van der Waals surface area contributed by atoms with Crippen LogP contribution in [0.3, 0.4) is 0 Å². The molecule has 1 unspecified atom stereocenters. The SMILES string of the molecule is c1ccc(-n2c3ccccc3c3ccc4c(c5cc(-c6ccc7c(c6)-c6ccccc6C7c6cccc7ccccc67)ccc5n4-c4cccc5ccccc45)c32)cc1. The van der Waals surface area contributed by atoms with Crippen LogP contribution in [0.1, 0.15) is 22.6 Å². The first-order chi connectivity index (χ1) is 29.3. The Balaban J connectivity index is 1.10. The van der Waals surface area contributed by atoms with Crippen molar-refractivity contribution >= 4 is 65.2 Å². The number of aromatic nitrogens is 2. The number of nitrogens with zero attached hydrogens (tertiary/aromatic N) is 2. The van der Waals surface area contributed by atoms with Crippen LogP contribution in [0.15, 0.2) is 212 Å². The lowest BCUT2D eigenvalue weighted by Crippen LogP contribution is -2.00. The normalized spacial score (nSPS) is 13.6. The van der Waals surface area contributed by atoms with Gasteiger partial charge in [0.25, 0.3) is 0 Å². The first kappa shape index (κ1) is 32.4. The molecule has 0 spiro atoms. The lowest BCUT2D eigenvalue weighted by molar-refractivity contribution is 1.03. The monoisotopic (exact) mass is 748 g/mol. The zero-order valence-corrected chi connectivity index (χ0v) is 32.2. The standard InChI is InChI=1S/C57H36N2/c1-2-18-40(19-3-1)58-52-26-11-10-23-44(52)48-31-33-54-56(57(48)58)50-35-39(29-32-53(50)59(54)51-27-13-17-37-15-5-7-21-42(37)51)38-28-30-47-49(34-38)43-22-8-9-24-46(43)55(47)45-25-12-16-36-14-4-6-20-41(36)45/h1-35,55H. The minimum Gasteiger partial charge on any atom is -0.309 e. The summed E-state index contributed by atoms with van der Waals surface area (Å²) in [5.74, 6) is 0.177. The number of hydrogen-bond acceptors (Lipinski definition) is 0. The Hall–Kier alpha value is -7.68. The fourth-order valence-corrected chi connectivity index (χ4v) is 10.5. The minimum absolute atomic E-state index is 0.177. The summed E-state index contributed by atoms with van der Waals surface area (Å²) >= 11 is 0. The highest BCUT2D eigenvalue weighted by atomic mass is 15.0. The van der Waals surface area contributed by atoms with Crippen LogP contribution < -0.4 is 0 Å². The third-order valence-electron chi connectivity index (χ3n) is 13.0. The second-order valence-electron chi connectivity index (χ2n) is 16.0. The molecule has 0 fully saturated rings. The Morgan fingerprint density at radius 3 is 1.81 bits per heavy atom. The summed E-state index contributed by atoms with van der Waals surface area (Å²) in [6.45, 7) is 0. The van der Waals surface area contributed by atoms with Gasteiger partial charge >= 0.3 is 0 Å². The molecule has 12 aromatic rings. The maximum atomic E-state index is 2.50. The fraction of sp³-hybridized carbons (Fsp3) is 0.0175. The molecule has 0 N–H and O–H groups in total. The van der Waals surface area contributed by atoms with Crippen LogP contribution in [-0.2, 0) is 0 Å². The van der Waals surface area contributed by atoms with Gasteiger partial charge in [0, 0.05) is 38.5 Å². The van der Waals surface area contributed by atoms with Gasteiger partial charge in [0.2, 0.25) is 0 Å². The molecule has 0 bridgehead atoms. The molecule has 2 heterocycles. The second kappa shape index (κ2) is 12.4. The minimum atomic E-state index is 0.177. The van der Waals surface area contributed by atoms with Gasteiger partial charge < -0.3 is 9.13 Å². The molecule has 2 heteroatoms. The van der Waals surface area contributed by atoms with E-state index < -0.39 is 0 Å². The predicted octanol–water partition coefficient (Wildman–Crippen LogP) is 15.0. The highest BCUT2D eigenvalue weighted by molar-refractivity contribution is 6.26. The molecule has 0 radical (unpaired) electrons.